The summed E-state index contributed by atoms with van der Waals surface area (Å²) in [5.41, 5.74) is 7.95. The molecular formula is C16H26N2. The highest BCUT2D eigenvalue weighted by Crippen LogP contribution is 2.28. The van der Waals surface area contributed by atoms with Gasteiger partial charge in [0.25, 0.3) is 0 Å². The summed E-state index contributed by atoms with van der Waals surface area (Å²) >= 11 is 0. The lowest BCUT2D eigenvalue weighted by molar-refractivity contribution is 0.292. The normalized spacial score (nSPS) is 17.4. The molecule has 18 heavy (non-hydrogen) atoms. The standard InChI is InChI=1S/C16H26N2/c1-13(15-5-7-16(17)8-6-15)9-11-18-12-10-14-3-2-4-14/h5-8,13-14,18H,2-4,9-12,17H2,1H3. The van der Waals surface area contributed by atoms with Crippen LogP contribution < -0.4 is 11.1 Å². The first kappa shape index (κ1) is 13.4. The second-order valence-electron chi connectivity index (χ2n) is 5.69. The third-order valence-electron chi connectivity index (χ3n) is 4.21. The molecule has 3 N–H and O–H groups in total. The average molecular weight is 246 g/mol. The number of nitrogens with two attached hydrogens (primary N) is 1. The maximum Gasteiger partial charge on any atom is 0.0314 e. The van der Waals surface area contributed by atoms with Crippen molar-refractivity contribution in [1.82, 2.24) is 5.32 Å². The van der Waals surface area contributed by atoms with E-state index in [-0.39, 0.29) is 0 Å². The summed E-state index contributed by atoms with van der Waals surface area (Å²) in [7, 11) is 0. The van der Waals surface area contributed by atoms with Gasteiger partial charge in [0.15, 0.2) is 0 Å². The number of benzene rings is 1. The van der Waals surface area contributed by atoms with Crippen LogP contribution in [-0.4, -0.2) is 13.1 Å². The third-order valence-corrected chi connectivity index (χ3v) is 4.21. The van der Waals surface area contributed by atoms with Crippen molar-refractivity contribution in [2.24, 2.45) is 5.92 Å². The van der Waals surface area contributed by atoms with Crippen LogP contribution in [0.25, 0.3) is 0 Å². The highest BCUT2D eigenvalue weighted by atomic mass is 14.8. The summed E-state index contributed by atoms with van der Waals surface area (Å²) in [5.74, 6) is 1.63. The molecule has 0 heterocycles. The molecule has 0 aromatic heterocycles. The number of nitrogens with one attached hydrogen (secondary N) is 1. The Morgan fingerprint density at radius 2 is 1.94 bits per heavy atom. The number of rotatable bonds is 7. The second-order valence-corrected chi connectivity index (χ2v) is 5.69. The highest BCUT2D eigenvalue weighted by molar-refractivity contribution is 5.40. The Hall–Kier alpha value is -1.02. The van der Waals surface area contributed by atoms with Crippen LogP contribution in [0.15, 0.2) is 24.3 Å². The lowest BCUT2D eigenvalue weighted by atomic mass is 9.83. The molecule has 0 bridgehead atoms. The smallest absolute Gasteiger partial charge is 0.0314 e. The zero-order chi connectivity index (χ0) is 12.8. The van der Waals surface area contributed by atoms with Crippen molar-refractivity contribution < 1.29 is 0 Å². The molecule has 100 valence electrons. The van der Waals surface area contributed by atoms with Crippen molar-refractivity contribution in [3.63, 3.8) is 0 Å². The maximum atomic E-state index is 5.70. The van der Waals surface area contributed by atoms with Gasteiger partial charge in [-0.05, 0) is 55.5 Å². The van der Waals surface area contributed by atoms with Gasteiger partial charge in [-0.2, -0.15) is 0 Å². The minimum Gasteiger partial charge on any atom is -0.399 e. The molecule has 2 heteroatoms. The molecule has 2 nitrogen and oxygen atoms in total. The first-order valence-corrected chi connectivity index (χ1v) is 7.32. The van der Waals surface area contributed by atoms with Crippen LogP contribution in [0.1, 0.15) is 50.5 Å². The summed E-state index contributed by atoms with van der Waals surface area (Å²) in [6.07, 6.45) is 6.96. The van der Waals surface area contributed by atoms with E-state index in [1.165, 1.54) is 44.2 Å². The number of hydrogen-bond donors (Lipinski definition) is 2. The van der Waals surface area contributed by atoms with E-state index in [9.17, 15) is 0 Å². The molecule has 1 saturated carbocycles. The van der Waals surface area contributed by atoms with E-state index in [0.717, 1.165) is 18.2 Å². The summed E-state index contributed by atoms with van der Waals surface area (Å²) in [6, 6.07) is 8.29. The van der Waals surface area contributed by atoms with Gasteiger partial charge in [0.2, 0.25) is 0 Å². The van der Waals surface area contributed by atoms with Gasteiger partial charge in [0.05, 0.1) is 0 Å². The van der Waals surface area contributed by atoms with Crippen LogP contribution >= 0.6 is 0 Å². The van der Waals surface area contributed by atoms with Crippen molar-refractivity contribution in [2.75, 3.05) is 18.8 Å². The minimum absolute atomic E-state index is 0.613. The Bertz CT molecular complexity index is 341. The van der Waals surface area contributed by atoms with Crippen LogP contribution in [0.4, 0.5) is 5.69 Å². The minimum atomic E-state index is 0.613. The van der Waals surface area contributed by atoms with Crippen LogP contribution in [0.2, 0.25) is 0 Å². The van der Waals surface area contributed by atoms with E-state index < -0.39 is 0 Å². The lowest BCUT2D eigenvalue weighted by Crippen LogP contribution is -2.23. The van der Waals surface area contributed by atoms with Crippen molar-refractivity contribution in [3.05, 3.63) is 29.8 Å². The monoisotopic (exact) mass is 246 g/mol. The van der Waals surface area contributed by atoms with E-state index in [1.807, 2.05) is 12.1 Å². The Labute approximate surface area is 111 Å². The molecule has 0 aliphatic heterocycles. The van der Waals surface area contributed by atoms with Gasteiger partial charge in [0, 0.05) is 5.69 Å². The second kappa shape index (κ2) is 6.79. The molecule has 0 amide bonds. The van der Waals surface area contributed by atoms with Crippen molar-refractivity contribution in [2.45, 2.75) is 44.9 Å². The molecule has 1 atom stereocenters. The third kappa shape index (κ3) is 4.02. The van der Waals surface area contributed by atoms with Gasteiger partial charge in [-0.3, -0.25) is 0 Å². The molecule has 1 fully saturated rings. The van der Waals surface area contributed by atoms with Gasteiger partial charge in [0.1, 0.15) is 0 Å². The fourth-order valence-corrected chi connectivity index (χ4v) is 2.52. The summed E-state index contributed by atoms with van der Waals surface area (Å²) in [5, 5.41) is 3.57. The molecule has 0 spiro atoms. The van der Waals surface area contributed by atoms with Crippen molar-refractivity contribution in [3.8, 4) is 0 Å². The molecule has 1 aliphatic carbocycles. The number of hydrogen-bond acceptors (Lipinski definition) is 2. The fourth-order valence-electron chi connectivity index (χ4n) is 2.52. The molecular weight excluding hydrogens is 220 g/mol. The molecule has 2 rings (SSSR count). The van der Waals surface area contributed by atoms with Gasteiger partial charge in [-0.25, -0.2) is 0 Å². The number of anilines is 1. The zero-order valence-corrected chi connectivity index (χ0v) is 11.5. The van der Waals surface area contributed by atoms with Gasteiger partial charge >= 0.3 is 0 Å². The van der Waals surface area contributed by atoms with Crippen LogP contribution in [0.3, 0.4) is 0 Å². The summed E-state index contributed by atoms with van der Waals surface area (Å²) in [4.78, 5) is 0. The van der Waals surface area contributed by atoms with E-state index >= 15 is 0 Å². The number of nitrogen functional groups attached to an aromatic ring is 1. The van der Waals surface area contributed by atoms with Crippen LogP contribution in [0.5, 0.6) is 0 Å². The Morgan fingerprint density at radius 3 is 2.56 bits per heavy atom. The molecule has 0 saturated heterocycles. The topological polar surface area (TPSA) is 38.0 Å². The van der Waals surface area contributed by atoms with Crippen LogP contribution in [0, 0.1) is 5.92 Å². The van der Waals surface area contributed by atoms with Gasteiger partial charge in [-0.1, -0.05) is 38.3 Å². The molecule has 1 aromatic carbocycles. The van der Waals surface area contributed by atoms with Gasteiger partial charge < -0.3 is 11.1 Å². The van der Waals surface area contributed by atoms with E-state index in [1.54, 1.807) is 0 Å². The van der Waals surface area contributed by atoms with E-state index in [0.29, 0.717) is 5.92 Å². The Kier molecular flexibility index (Phi) is 5.06. The predicted molar refractivity (Wildman–Crippen MR) is 78.7 cm³/mol. The predicted octanol–water partition coefficient (Wildman–Crippen LogP) is 3.54. The SMILES string of the molecule is CC(CCNCCC1CCC1)c1ccc(N)cc1. The van der Waals surface area contributed by atoms with Crippen LogP contribution in [-0.2, 0) is 0 Å². The Balaban J connectivity index is 1.59. The molecule has 1 unspecified atom stereocenters. The fraction of sp³-hybridized carbons (Fsp3) is 0.625. The van der Waals surface area contributed by atoms with Crippen molar-refractivity contribution in [1.29, 1.82) is 0 Å². The summed E-state index contributed by atoms with van der Waals surface area (Å²) < 4.78 is 0. The molecule has 1 aromatic rings. The maximum absolute atomic E-state index is 5.70. The molecule has 0 radical (unpaired) electrons. The first-order valence-electron chi connectivity index (χ1n) is 7.32. The van der Waals surface area contributed by atoms with Crippen molar-refractivity contribution >= 4 is 5.69 Å². The average Bonchev–Trinajstić information content (AvgIpc) is 2.32. The lowest BCUT2D eigenvalue weighted by Gasteiger charge is -2.25. The Morgan fingerprint density at radius 1 is 1.22 bits per heavy atom. The van der Waals surface area contributed by atoms with E-state index in [2.05, 4.69) is 24.4 Å². The zero-order valence-electron chi connectivity index (χ0n) is 11.5. The molecule has 1 aliphatic rings. The first-order chi connectivity index (χ1) is 8.75. The summed E-state index contributed by atoms with van der Waals surface area (Å²) in [6.45, 7) is 4.61. The van der Waals surface area contributed by atoms with Gasteiger partial charge in [-0.15, -0.1) is 0 Å². The quantitative estimate of drug-likeness (QED) is 0.570. The largest absolute Gasteiger partial charge is 0.399 e. The van der Waals surface area contributed by atoms with E-state index in [4.69, 9.17) is 5.73 Å². The highest BCUT2D eigenvalue weighted by Gasteiger charge is 2.16.